The summed E-state index contributed by atoms with van der Waals surface area (Å²) in [6, 6.07) is 2.82. The van der Waals surface area contributed by atoms with E-state index < -0.39 is 5.54 Å². The first-order valence-electron chi connectivity index (χ1n) is 6.86. The van der Waals surface area contributed by atoms with Crippen molar-refractivity contribution < 1.29 is 0 Å². The molecule has 0 fully saturated rings. The lowest BCUT2D eigenvalue weighted by molar-refractivity contribution is 0.196. The maximum atomic E-state index is 9.32. The molecule has 0 heterocycles. The second kappa shape index (κ2) is 8.47. The van der Waals surface area contributed by atoms with E-state index in [-0.39, 0.29) is 0 Å². The Labute approximate surface area is 113 Å². The molecule has 0 aromatic carbocycles. The first kappa shape index (κ1) is 17.4. The number of nitrogens with one attached hydrogen (secondary N) is 1. The number of hydrogen-bond acceptors (Lipinski definition) is 4. The maximum Gasteiger partial charge on any atom is 0.105 e. The fraction of sp³-hybridized carbons (Fsp3) is 0.929. The van der Waals surface area contributed by atoms with Crippen LogP contribution in [-0.2, 0) is 0 Å². The van der Waals surface area contributed by atoms with Crippen molar-refractivity contribution in [3.05, 3.63) is 0 Å². The summed E-state index contributed by atoms with van der Waals surface area (Å²) in [6.07, 6.45) is 1.91. The minimum Gasteiger partial charge on any atom is -0.308 e. The molecule has 18 heavy (non-hydrogen) atoms. The Balaban J connectivity index is 4.25. The van der Waals surface area contributed by atoms with Gasteiger partial charge in [-0.05, 0) is 54.4 Å². The summed E-state index contributed by atoms with van der Waals surface area (Å²) in [7, 11) is 6.30. The second-order valence-electron chi connectivity index (χ2n) is 5.71. The van der Waals surface area contributed by atoms with Crippen LogP contribution in [-0.4, -0.2) is 62.2 Å². The second-order valence-corrected chi connectivity index (χ2v) is 5.71. The normalized spacial score (nSPS) is 16.6. The van der Waals surface area contributed by atoms with Gasteiger partial charge in [0.25, 0.3) is 0 Å². The lowest BCUT2D eigenvalue weighted by Gasteiger charge is -2.32. The van der Waals surface area contributed by atoms with E-state index in [1.807, 2.05) is 6.92 Å². The largest absolute Gasteiger partial charge is 0.308 e. The third-order valence-electron chi connectivity index (χ3n) is 3.37. The van der Waals surface area contributed by atoms with Gasteiger partial charge in [-0.25, -0.2) is 0 Å². The molecule has 4 heteroatoms. The molecule has 0 amide bonds. The fourth-order valence-electron chi connectivity index (χ4n) is 1.88. The first-order chi connectivity index (χ1) is 8.34. The molecule has 0 aliphatic carbocycles. The Morgan fingerprint density at radius 2 is 1.89 bits per heavy atom. The summed E-state index contributed by atoms with van der Waals surface area (Å²) < 4.78 is 0. The molecule has 0 aromatic rings. The van der Waals surface area contributed by atoms with Crippen molar-refractivity contribution in [2.24, 2.45) is 0 Å². The number of rotatable bonds is 9. The van der Waals surface area contributed by atoms with E-state index in [0.29, 0.717) is 6.04 Å². The molecule has 1 N–H and O–H groups in total. The van der Waals surface area contributed by atoms with Crippen molar-refractivity contribution in [3.63, 3.8) is 0 Å². The van der Waals surface area contributed by atoms with Crippen molar-refractivity contribution in [1.29, 1.82) is 5.26 Å². The molecule has 2 unspecified atom stereocenters. The molecule has 0 aromatic heterocycles. The Morgan fingerprint density at radius 3 is 2.33 bits per heavy atom. The zero-order valence-electron chi connectivity index (χ0n) is 13.0. The molecule has 106 valence electrons. The summed E-state index contributed by atoms with van der Waals surface area (Å²) in [6.45, 7) is 9.30. The summed E-state index contributed by atoms with van der Waals surface area (Å²) in [5.41, 5.74) is -0.415. The van der Waals surface area contributed by atoms with E-state index in [0.717, 1.165) is 32.5 Å². The van der Waals surface area contributed by atoms with E-state index in [2.05, 4.69) is 56.2 Å². The zero-order valence-corrected chi connectivity index (χ0v) is 13.0. The van der Waals surface area contributed by atoms with Crippen LogP contribution < -0.4 is 5.32 Å². The molecular weight excluding hydrogens is 224 g/mol. The zero-order chi connectivity index (χ0) is 14.2. The molecule has 0 aliphatic heterocycles. The monoisotopic (exact) mass is 254 g/mol. The highest BCUT2D eigenvalue weighted by Crippen LogP contribution is 2.14. The van der Waals surface area contributed by atoms with Gasteiger partial charge in [-0.3, -0.25) is 5.32 Å². The molecule has 0 aliphatic rings. The standard InChI is InChI=1S/C14H30N4/c1-7-8-16-14(3,12-15)11-13(2)18(6)10-9-17(4)5/h13,16H,7-11H2,1-6H3. The quantitative estimate of drug-likeness (QED) is 0.678. The van der Waals surface area contributed by atoms with Crippen LogP contribution >= 0.6 is 0 Å². The maximum absolute atomic E-state index is 9.32. The highest BCUT2D eigenvalue weighted by atomic mass is 15.2. The van der Waals surface area contributed by atoms with Gasteiger partial charge in [-0.15, -0.1) is 0 Å². The number of nitriles is 1. The van der Waals surface area contributed by atoms with Gasteiger partial charge >= 0.3 is 0 Å². The Morgan fingerprint density at radius 1 is 1.28 bits per heavy atom. The van der Waals surface area contributed by atoms with Gasteiger partial charge < -0.3 is 9.80 Å². The van der Waals surface area contributed by atoms with Crippen LogP contribution in [0.1, 0.15) is 33.6 Å². The average Bonchev–Trinajstić information content (AvgIpc) is 2.33. The Hall–Kier alpha value is -0.630. The van der Waals surface area contributed by atoms with Crippen molar-refractivity contribution in [2.75, 3.05) is 40.8 Å². The van der Waals surface area contributed by atoms with Gasteiger partial charge in [-0.2, -0.15) is 5.26 Å². The Kier molecular flexibility index (Phi) is 8.17. The molecule has 0 rings (SSSR count). The number of likely N-dealkylation sites (N-methyl/N-ethyl adjacent to an activating group) is 2. The van der Waals surface area contributed by atoms with Crippen LogP contribution in [0.3, 0.4) is 0 Å². The Bertz CT molecular complexity index is 259. The van der Waals surface area contributed by atoms with Gasteiger partial charge in [0.1, 0.15) is 5.54 Å². The minimum atomic E-state index is -0.415. The van der Waals surface area contributed by atoms with Crippen LogP contribution in [0.4, 0.5) is 0 Å². The van der Waals surface area contributed by atoms with Crippen molar-refractivity contribution >= 4 is 0 Å². The molecular formula is C14H30N4. The fourth-order valence-corrected chi connectivity index (χ4v) is 1.88. The number of nitrogens with zero attached hydrogens (tertiary/aromatic N) is 3. The van der Waals surface area contributed by atoms with Gasteiger partial charge in [0.15, 0.2) is 0 Å². The van der Waals surface area contributed by atoms with E-state index in [1.165, 1.54) is 0 Å². The smallest absolute Gasteiger partial charge is 0.105 e. The first-order valence-corrected chi connectivity index (χ1v) is 6.86. The molecule has 2 atom stereocenters. The third-order valence-corrected chi connectivity index (χ3v) is 3.37. The third kappa shape index (κ3) is 6.95. The molecule has 0 spiro atoms. The SMILES string of the molecule is CCCNC(C)(C#N)CC(C)N(C)CCN(C)C. The van der Waals surface area contributed by atoms with Crippen molar-refractivity contribution in [3.8, 4) is 6.07 Å². The molecule has 0 bridgehead atoms. The lowest BCUT2D eigenvalue weighted by atomic mass is 9.94. The highest BCUT2D eigenvalue weighted by Gasteiger charge is 2.26. The van der Waals surface area contributed by atoms with Gasteiger partial charge in [-0.1, -0.05) is 6.92 Å². The van der Waals surface area contributed by atoms with Crippen LogP contribution in [0.25, 0.3) is 0 Å². The van der Waals surface area contributed by atoms with E-state index in [4.69, 9.17) is 0 Å². The summed E-state index contributed by atoms with van der Waals surface area (Å²) >= 11 is 0. The van der Waals surface area contributed by atoms with Crippen LogP contribution in [0, 0.1) is 11.3 Å². The summed E-state index contributed by atoms with van der Waals surface area (Å²) in [5, 5.41) is 12.7. The minimum absolute atomic E-state index is 0.402. The molecule has 0 radical (unpaired) electrons. The van der Waals surface area contributed by atoms with E-state index >= 15 is 0 Å². The van der Waals surface area contributed by atoms with Gasteiger partial charge in [0, 0.05) is 19.1 Å². The summed E-state index contributed by atoms with van der Waals surface area (Å²) in [4.78, 5) is 4.51. The highest BCUT2D eigenvalue weighted by molar-refractivity contribution is 5.05. The predicted octanol–water partition coefficient (Wildman–Crippen LogP) is 1.54. The van der Waals surface area contributed by atoms with Gasteiger partial charge in [0.05, 0.1) is 6.07 Å². The molecule has 0 saturated heterocycles. The van der Waals surface area contributed by atoms with Crippen LogP contribution in [0.15, 0.2) is 0 Å². The number of hydrogen-bond donors (Lipinski definition) is 1. The predicted molar refractivity (Wildman–Crippen MR) is 77.6 cm³/mol. The topological polar surface area (TPSA) is 42.3 Å². The van der Waals surface area contributed by atoms with Crippen molar-refractivity contribution in [2.45, 2.75) is 45.2 Å². The van der Waals surface area contributed by atoms with Crippen molar-refractivity contribution in [1.82, 2.24) is 15.1 Å². The van der Waals surface area contributed by atoms with Crippen LogP contribution in [0.2, 0.25) is 0 Å². The summed E-state index contributed by atoms with van der Waals surface area (Å²) in [5.74, 6) is 0. The van der Waals surface area contributed by atoms with Gasteiger partial charge in [0.2, 0.25) is 0 Å². The van der Waals surface area contributed by atoms with E-state index in [9.17, 15) is 5.26 Å². The average molecular weight is 254 g/mol. The molecule has 0 saturated carbocycles. The molecule has 4 nitrogen and oxygen atoms in total. The lowest BCUT2D eigenvalue weighted by Crippen LogP contribution is -2.47. The van der Waals surface area contributed by atoms with E-state index in [1.54, 1.807) is 0 Å². The van der Waals surface area contributed by atoms with Crippen LogP contribution in [0.5, 0.6) is 0 Å².